The summed E-state index contributed by atoms with van der Waals surface area (Å²) in [7, 11) is 3.09. The molecule has 1 saturated heterocycles. The number of carbonyl (C=O) groups is 2. The van der Waals surface area contributed by atoms with Crippen LogP contribution in [0.2, 0.25) is 0 Å². The van der Waals surface area contributed by atoms with E-state index in [2.05, 4.69) is 0 Å². The average Bonchev–Trinajstić information content (AvgIpc) is 2.54. The van der Waals surface area contributed by atoms with Crippen LogP contribution in [0.25, 0.3) is 0 Å². The average molecular weight is 307 g/mol. The van der Waals surface area contributed by atoms with Gasteiger partial charge in [-0.1, -0.05) is 0 Å². The highest BCUT2D eigenvalue weighted by Gasteiger charge is 2.32. The van der Waals surface area contributed by atoms with Crippen molar-refractivity contribution in [2.45, 2.75) is 31.7 Å². The summed E-state index contributed by atoms with van der Waals surface area (Å²) >= 11 is 0. The number of carboxylic acids is 1. The van der Waals surface area contributed by atoms with E-state index >= 15 is 0 Å². The third-order valence-corrected chi connectivity index (χ3v) is 3.94. The third kappa shape index (κ3) is 3.50. The first kappa shape index (κ1) is 16.1. The lowest BCUT2D eigenvalue weighted by atomic mass is 10.0. The number of ether oxygens (including phenoxy) is 2. The van der Waals surface area contributed by atoms with Crippen LogP contribution in [0, 0.1) is 0 Å². The maximum absolute atomic E-state index is 12.5. The van der Waals surface area contributed by atoms with Gasteiger partial charge in [0.2, 0.25) is 5.91 Å². The van der Waals surface area contributed by atoms with Crippen LogP contribution in [-0.4, -0.2) is 48.7 Å². The van der Waals surface area contributed by atoms with Gasteiger partial charge in [0, 0.05) is 12.1 Å². The first-order valence-electron chi connectivity index (χ1n) is 7.30. The minimum absolute atomic E-state index is 0.101. The number of nitrogens with zero attached hydrogens (tertiary/aromatic N) is 1. The second kappa shape index (κ2) is 7.15. The number of amides is 1. The molecule has 1 N–H and O–H groups in total. The maximum atomic E-state index is 12.5. The van der Waals surface area contributed by atoms with E-state index in [-0.39, 0.29) is 12.3 Å². The van der Waals surface area contributed by atoms with Crippen molar-refractivity contribution in [3.8, 4) is 11.5 Å². The predicted molar refractivity (Wildman–Crippen MR) is 80.2 cm³/mol. The normalized spacial score (nSPS) is 17.9. The van der Waals surface area contributed by atoms with Crippen molar-refractivity contribution >= 4 is 11.9 Å². The van der Waals surface area contributed by atoms with E-state index in [4.69, 9.17) is 9.47 Å². The minimum atomic E-state index is -0.939. The van der Waals surface area contributed by atoms with Crippen molar-refractivity contribution in [2.24, 2.45) is 0 Å². The Kier molecular flexibility index (Phi) is 5.25. The summed E-state index contributed by atoms with van der Waals surface area (Å²) in [6.45, 7) is 0.488. The van der Waals surface area contributed by atoms with Crippen molar-refractivity contribution in [1.29, 1.82) is 0 Å². The number of carboxylic acid groups (broad SMARTS) is 1. The van der Waals surface area contributed by atoms with E-state index in [0.29, 0.717) is 30.0 Å². The molecule has 0 radical (unpaired) electrons. The highest BCUT2D eigenvalue weighted by atomic mass is 16.5. The summed E-state index contributed by atoms with van der Waals surface area (Å²) in [5, 5.41) is 9.27. The molecule has 1 aromatic rings. The Bertz CT molecular complexity index is 557. The summed E-state index contributed by atoms with van der Waals surface area (Å²) in [4.78, 5) is 25.3. The smallest absolute Gasteiger partial charge is 0.326 e. The van der Waals surface area contributed by atoms with E-state index in [0.717, 1.165) is 12.8 Å². The molecule has 0 aromatic heterocycles. The number of hydrogen-bond acceptors (Lipinski definition) is 4. The lowest BCUT2D eigenvalue weighted by molar-refractivity contribution is -0.151. The Morgan fingerprint density at radius 2 is 2.05 bits per heavy atom. The zero-order valence-electron chi connectivity index (χ0n) is 12.9. The second-order valence-corrected chi connectivity index (χ2v) is 5.29. The van der Waals surface area contributed by atoms with Crippen LogP contribution in [0.3, 0.4) is 0 Å². The molecule has 0 bridgehead atoms. The van der Waals surface area contributed by atoms with Crippen LogP contribution >= 0.6 is 0 Å². The molecule has 1 aliphatic heterocycles. The molecule has 6 heteroatoms. The van der Waals surface area contributed by atoms with Crippen molar-refractivity contribution in [2.75, 3.05) is 20.8 Å². The van der Waals surface area contributed by atoms with Gasteiger partial charge in [0.25, 0.3) is 0 Å². The fourth-order valence-corrected chi connectivity index (χ4v) is 2.77. The molecule has 1 amide bonds. The Morgan fingerprint density at radius 3 is 2.68 bits per heavy atom. The fraction of sp³-hybridized carbons (Fsp3) is 0.500. The van der Waals surface area contributed by atoms with E-state index in [9.17, 15) is 14.7 Å². The topological polar surface area (TPSA) is 76.1 Å². The van der Waals surface area contributed by atoms with Crippen LogP contribution in [0.15, 0.2) is 18.2 Å². The van der Waals surface area contributed by atoms with Gasteiger partial charge in [-0.05, 0) is 37.5 Å². The van der Waals surface area contributed by atoms with Crippen molar-refractivity contribution < 1.29 is 24.2 Å². The fourth-order valence-electron chi connectivity index (χ4n) is 2.77. The van der Waals surface area contributed by atoms with Gasteiger partial charge in [0.05, 0.1) is 20.6 Å². The molecule has 2 rings (SSSR count). The Morgan fingerprint density at radius 1 is 1.27 bits per heavy atom. The highest BCUT2D eigenvalue weighted by Crippen LogP contribution is 2.26. The SMILES string of the molecule is COc1ccc(OC)c(CC(=O)N2CCCCC2C(=O)O)c1. The summed E-state index contributed by atoms with van der Waals surface area (Å²) in [6, 6.07) is 4.52. The number of piperidine rings is 1. The Balaban J connectivity index is 2.18. The first-order chi connectivity index (χ1) is 10.6. The van der Waals surface area contributed by atoms with Gasteiger partial charge in [-0.2, -0.15) is 0 Å². The molecule has 22 heavy (non-hydrogen) atoms. The van der Waals surface area contributed by atoms with Crippen molar-refractivity contribution in [3.63, 3.8) is 0 Å². The first-order valence-corrected chi connectivity index (χ1v) is 7.30. The number of rotatable bonds is 5. The predicted octanol–water partition coefficient (Wildman–Crippen LogP) is 1.71. The summed E-state index contributed by atoms with van der Waals surface area (Å²) in [6.07, 6.45) is 2.29. The van der Waals surface area contributed by atoms with Gasteiger partial charge < -0.3 is 19.5 Å². The van der Waals surface area contributed by atoms with Crippen LogP contribution in [-0.2, 0) is 16.0 Å². The van der Waals surface area contributed by atoms with Gasteiger partial charge in [0.15, 0.2) is 0 Å². The molecule has 1 atom stereocenters. The number of benzene rings is 1. The van der Waals surface area contributed by atoms with Gasteiger partial charge in [-0.15, -0.1) is 0 Å². The summed E-state index contributed by atoms with van der Waals surface area (Å²) in [5.41, 5.74) is 0.696. The quantitative estimate of drug-likeness (QED) is 0.896. The van der Waals surface area contributed by atoms with Crippen LogP contribution in [0.5, 0.6) is 11.5 Å². The molecule has 0 spiro atoms. The van der Waals surface area contributed by atoms with Gasteiger partial charge in [-0.25, -0.2) is 4.79 Å². The Labute approximate surface area is 129 Å². The van der Waals surface area contributed by atoms with Crippen LogP contribution < -0.4 is 9.47 Å². The zero-order valence-corrected chi connectivity index (χ0v) is 12.9. The minimum Gasteiger partial charge on any atom is -0.497 e. The monoisotopic (exact) mass is 307 g/mol. The number of likely N-dealkylation sites (tertiary alicyclic amines) is 1. The maximum Gasteiger partial charge on any atom is 0.326 e. The zero-order chi connectivity index (χ0) is 16.1. The van der Waals surface area contributed by atoms with E-state index in [1.165, 1.54) is 12.0 Å². The molecule has 0 aliphatic carbocycles. The van der Waals surface area contributed by atoms with E-state index in [1.807, 2.05) is 0 Å². The lowest BCUT2D eigenvalue weighted by Crippen LogP contribution is -2.48. The molecule has 1 aromatic carbocycles. The van der Waals surface area contributed by atoms with Crippen molar-refractivity contribution in [3.05, 3.63) is 23.8 Å². The van der Waals surface area contributed by atoms with E-state index < -0.39 is 12.0 Å². The standard InChI is InChI=1S/C16H21NO5/c1-21-12-6-7-14(22-2)11(9-12)10-15(18)17-8-4-3-5-13(17)16(19)20/h6-7,9,13H,3-5,8,10H2,1-2H3,(H,19,20). The molecule has 1 aliphatic rings. The molecule has 6 nitrogen and oxygen atoms in total. The largest absolute Gasteiger partial charge is 0.497 e. The molecule has 0 saturated carbocycles. The van der Waals surface area contributed by atoms with Gasteiger partial charge in [0.1, 0.15) is 17.5 Å². The molecule has 1 heterocycles. The van der Waals surface area contributed by atoms with Crippen LogP contribution in [0.4, 0.5) is 0 Å². The van der Waals surface area contributed by atoms with Gasteiger partial charge in [-0.3, -0.25) is 4.79 Å². The summed E-state index contributed by atoms with van der Waals surface area (Å²) < 4.78 is 10.4. The number of carbonyl (C=O) groups excluding carboxylic acids is 1. The lowest BCUT2D eigenvalue weighted by Gasteiger charge is -2.33. The second-order valence-electron chi connectivity index (χ2n) is 5.29. The molecular weight excluding hydrogens is 286 g/mol. The number of aliphatic carboxylic acids is 1. The number of methoxy groups -OCH3 is 2. The van der Waals surface area contributed by atoms with E-state index in [1.54, 1.807) is 25.3 Å². The number of hydrogen-bond donors (Lipinski definition) is 1. The van der Waals surface area contributed by atoms with Gasteiger partial charge >= 0.3 is 5.97 Å². The third-order valence-electron chi connectivity index (χ3n) is 3.94. The summed E-state index contributed by atoms with van der Waals surface area (Å²) in [5.74, 6) is 0.0966. The molecular formula is C16H21NO5. The molecule has 120 valence electrons. The molecule has 1 unspecified atom stereocenters. The highest BCUT2D eigenvalue weighted by molar-refractivity contribution is 5.85. The van der Waals surface area contributed by atoms with Crippen LogP contribution in [0.1, 0.15) is 24.8 Å². The van der Waals surface area contributed by atoms with Crippen molar-refractivity contribution in [1.82, 2.24) is 4.90 Å². The molecule has 1 fully saturated rings. The Hall–Kier alpha value is -2.24.